The van der Waals surface area contributed by atoms with E-state index in [4.69, 9.17) is 0 Å². The van der Waals surface area contributed by atoms with Gasteiger partial charge in [0, 0.05) is 5.56 Å². The van der Waals surface area contributed by atoms with E-state index in [2.05, 4.69) is 5.10 Å². The second kappa shape index (κ2) is 5.72. The van der Waals surface area contributed by atoms with Crippen LogP contribution in [0.3, 0.4) is 0 Å². The fourth-order valence-corrected chi connectivity index (χ4v) is 2.47. The van der Waals surface area contributed by atoms with Crippen LogP contribution in [0.4, 0.5) is 0 Å². The average molecular weight is 306 g/mol. The van der Waals surface area contributed by atoms with Crippen LogP contribution in [0.2, 0.25) is 0 Å². The van der Waals surface area contributed by atoms with Gasteiger partial charge in [-0.3, -0.25) is 0 Å². The summed E-state index contributed by atoms with van der Waals surface area (Å²) in [6, 6.07) is 15.6. The highest BCUT2D eigenvalue weighted by atomic mass is 16.4. The van der Waals surface area contributed by atoms with Crippen molar-refractivity contribution in [1.82, 2.24) is 9.78 Å². The lowest BCUT2D eigenvalue weighted by Gasteiger charge is -2.10. The molecule has 0 aliphatic carbocycles. The first-order valence-corrected chi connectivity index (χ1v) is 7.44. The molecule has 0 spiro atoms. The van der Waals surface area contributed by atoms with E-state index in [1.165, 1.54) is 5.56 Å². The topological polar surface area (TPSA) is 55.1 Å². The van der Waals surface area contributed by atoms with Gasteiger partial charge in [0.25, 0.3) is 0 Å². The lowest BCUT2D eigenvalue weighted by molar-refractivity contribution is 0.0690. The Morgan fingerprint density at radius 3 is 2.26 bits per heavy atom. The lowest BCUT2D eigenvalue weighted by Crippen LogP contribution is -2.03. The van der Waals surface area contributed by atoms with Crippen molar-refractivity contribution in [3.63, 3.8) is 0 Å². The zero-order valence-electron chi connectivity index (χ0n) is 13.4. The van der Waals surface area contributed by atoms with Gasteiger partial charge in [-0.25, -0.2) is 9.48 Å². The third-order valence-electron chi connectivity index (χ3n) is 4.01. The zero-order chi connectivity index (χ0) is 16.6. The number of aromatic nitrogens is 2. The highest BCUT2D eigenvalue weighted by Crippen LogP contribution is 2.25. The van der Waals surface area contributed by atoms with E-state index in [0.29, 0.717) is 0 Å². The molecule has 0 saturated carbocycles. The second-order valence-corrected chi connectivity index (χ2v) is 5.77. The van der Waals surface area contributed by atoms with E-state index in [0.717, 1.165) is 28.1 Å². The predicted octanol–water partition coefficient (Wildman–Crippen LogP) is 4.16. The van der Waals surface area contributed by atoms with Crippen LogP contribution >= 0.6 is 0 Å². The molecule has 0 aliphatic rings. The number of benzene rings is 2. The van der Waals surface area contributed by atoms with Crippen LogP contribution in [0.5, 0.6) is 0 Å². The molecule has 116 valence electrons. The van der Waals surface area contributed by atoms with Crippen LogP contribution < -0.4 is 0 Å². The molecule has 3 rings (SSSR count). The minimum absolute atomic E-state index is 0.0406. The van der Waals surface area contributed by atoms with E-state index in [-0.39, 0.29) is 5.69 Å². The summed E-state index contributed by atoms with van der Waals surface area (Å²) in [7, 11) is 0. The maximum absolute atomic E-state index is 11.3. The van der Waals surface area contributed by atoms with Crippen molar-refractivity contribution in [3.8, 4) is 16.9 Å². The van der Waals surface area contributed by atoms with Crippen molar-refractivity contribution in [2.75, 3.05) is 0 Å². The first-order chi connectivity index (χ1) is 11.0. The van der Waals surface area contributed by atoms with Crippen molar-refractivity contribution in [3.05, 3.63) is 70.9 Å². The standard InChI is InChI=1S/C19H18N2O2/c1-12-4-7-15(8-5-12)18-11-17(19(22)23)20-21(18)16-9-6-13(2)14(3)10-16/h4-11H,1-3H3,(H,22,23). The van der Waals surface area contributed by atoms with Crippen LogP contribution in [0.15, 0.2) is 48.5 Å². The first kappa shape index (κ1) is 15.0. The zero-order valence-corrected chi connectivity index (χ0v) is 13.4. The number of aryl methyl sites for hydroxylation is 3. The number of carboxylic acid groups (broad SMARTS) is 1. The van der Waals surface area contributed by atoms with Gasteiger partial charge in [-0.1, -0.05) is 35.9 Å². The van der Waals surface area contributed by atoms with Gasteiger partial charge in [0.15, 0.2) is 5.69 Å². The minimum Gasteiger partial charge on any atom is -0.476 e. The summed E-state index contributed by atoms with van der Waals surface area (Å²) in [4.78, 5) is 11.3. The van der Waals surface area contributed by atoms with Crippen LogP contribution in [0, 0.1) is 20.8 Å². The molecular weight excluding hydrogens is 288 g/mol. The number of rotatable bonds is 3. The highest BCUT2D eigenvalue weighted by molar-refractivity contribution is 5.87. The Morgan fingerprint density at radius 1 is 0.957 bits per heavy atom. The fourth-order valence-electron chi connectivity index (χ4n) is 2.47. The molecule has 2 aromatic carbocycles. The molecule has 1 heterocycles. The Balaban J connectivity index is 2.20. The SMILES string of the molecule is Cc1ccc(-c2cc(C(=O)O)nn2-c2ccc(C)c(C)c2)cc1. The van der Waals surface area contributed by atoms with Crippen LogP contribution in [-0.2, 0) is 0 Å². The number of carboxylic acids is 1. The molecule has 0 amide bonds. The summed E-state index contributed by atoms with van der Waals surface area (Å²) in [6.45, 7) is 6.10. The van der Waals surface area contributed by atoms with Crippen LogP contribution in [-0.4, -0.2) is 20.9 Å². The number of aromatic carboxylic acids is 1. The number of nitrogens with zero attached hydrogens (tertiary/aromatic N) is 2. The molecular formula is C19H18N2O2. The molecule has 0 saturated heterocycles. The monoisotopic (exact) mass is 306 g/mol. The molecule has 4 nitrogen and oxygen atoms in total. The van der Waals surface area contributed by atoms with Gasteiger partial charge in [0.2, 0.25) is 0 Å². The predicted molar refractivity (Wildman–Crippen MR) is 90.2 cm³/mol. The van der Waals surface area contributed by atoms with Gasteiger partial charge < -0.3 is 5.11 Å². The van der Waals surface area contributed by atoms with Crippen molar-refractivity contribution >= 4 is 5.97 Å². The molecule has 0 unspecified atom stereocenters. The lowest BCUT2D eigenvalue weighted by atomic mass is 10.1. The van der Waals surface area contributed by atoms with Gasteiger partial charge >= 0.3 is 5.97 Å². The van der Waals surface area contributed by atoms with Gasteiger partial charge in [0.1, 0.15) is 0 Å². The fraction of sp³-hybridized carbons (Fsp3) is 0.158. The third-order valence-corrected chi connectivity index (χ3v) is 4.01. The van der Waals surface area contributed by atoms with Crippen molar-refractivity contribution in [1.29, 1.82) is 0 Å². The largest absolute Gasteiger partial charge is 0.476 e. The van der Waals surface area contributed by atoms with Crippen molar-refractivity contribution in [2.45, 2.75) is 20.8 Å². The Kier molecular flexibility index (Phi) is 3.74. The van der Waals surface area contributed by atoms with E-state index in [1.54, 1.807) is 10.7 Å². The third kappa shape index (κ3) is 2.88. The quantitative estimate of drug-likeness (QED) is 0.790. The molecule has 1 N–H and O–H groups in total. The van der Waals surface area contributed by atoms with E-state index in [1.807, 2.05) is 63.2 Å². The smallest absolute Gasteiger partial charge is 0.356 e. The van der Waals surface area contributed by atoms with Gasteiger partial charge in [-0.2, -0.15) is 5.10 Å². The maximum Gasteiger partial charge on any atom is 0.356 e. The number of carbonyl (C=O) groups is 1. The van der Waals surface area contributed by atoms with Crippen molar-refractivity contribution in [2.24, 2.45) is 0 Å². The Hall–Kier alpha value is -2.88. The van der Waals surface area contributed by atoms with Gasteiger partial charge in [-0.15, -0.1) is 0 Å². The molecule has 0 bridgehead atoms. The van der Waals surface area contributed by atoms with E-state index in [9.17, 15) is 9.90 Å². The van der Waals surface area contributed by atoms with Gasteiger partial charge in [-0.05, 0) is 50.1 Å². The van der Waals surface area contributed by atoms with E-state index >= 15 is 0 Å². The highest BCUT2D eigenvalue weighted by Gasteiger charge is 2.16. The van der Waals surface area contributed by atoms with Crippen molar-refractivity contribution < 1.29 is 9.90 Å². The number of hydrogen-bond acceptors (Lipinski definition) is 2. The molecule has 3 aromatic rings. The molecule has 0 fully saturated rings. The first-order valence-electron chi connectivity index (χ1n) is 7.44. The summed E-state index contributed by atoms with van der Waals surface area (Å²) < 4.78 is 1.69. The summed E-state index contributed by atoms with van der Waals surface area (Å²) >= 11 is 0. The maximum atomic E-state index is 11.3. The molecule has 23 heavy (non-hydrogen) atoms. The summed E-state index contributed by atoms with van der Waals surface area (Å²) in [5, 5.41) is 13.6. The molecule has 0 radical (unpaired) electrons. The Labute approximate surface area is 135 Å². The Morgan fingerprint density at radius 2 is 1.65 bits per heavy atom. The average Bonchev–Trinajstić information content (AvgIpc) is 2.96. The molecule has 4 heteroatoms. The molecule has 1 aromatic heterocycles. The summed E-state index contributed by atoms with van der Waals surface area (Å²) in [5.74, 6) is -1.03. The normalized spacial score (nSPS) is 10.7. The van der Waals surface area contributed by atoms with Crippen LogP contribution in [0.25, 0.3) is 16.9 Å². The second-order valence-electron chi connectivity index (χ2n) is 5.77. The van der Waals surface area contributed by atoms with Crippen LogP contribution in [0.1, 0.15) is 27.2 Å². The molecule has 0 aliphatic heterocycles. The minimum atomic E-state index is -1.03. The Bertz CT molecular complexity index is 877. The molecule has 0 atom stereocenters. The van der Waals surface area contributed by atoms with E-state index < -0.39 is 5.97 Å². The van der Waals surface area contributed by atoms with Gasteiger partial charge in [0.05, 0.1) is 11.4 Å². The number of hydrogen-bond donors (Lipinski definition) is 1. The summed E-state index contributed by atoms with van der Waals surface area (Å²) in [5.41, 5.74) is 6.10. The summed E-state index contributed by atoms with van der Waals surface area (Å²) in [6.07, 6.45) is 0.